The molecule has 0 heterocycles. The lowest BCUT2D eigenvalue weighted by Gasteiger charge is -2.18. The van der Waals surface area contributed by atoms with Gasteiger partial charge in [-0.15, -0.1) is 11.8 Å². The van der Waals surface area contributed by atoms with Crippen LogP contribution in [-0.2, 0) is 0 Å². The van der Waals surface area contributed by atoms with Gasteiger partial charge in [0.25, 0.3) is 0 Å². The molecule has 104 valence electrons. The molecule has 0 bridgehead atoms. The van der Waals surface area contributed by atoms with Gasteiger partial charge in [-0.05, 0) is 30.0 Å². The first-order valence-electron chi connectivity index (χ1n) is 6.38. The van der Waals surface area contributed by atoms with Crippen LogP contribution in [0.5, 0.6) is 0 Å². The number of thioether (sulfide) groups is 1. The summed E-state index contributed by atoms with van der Waals surface area (Å²) in [7, 11) is 3.71. The molecule has 0 fully saturated rings. The third-order valence-electron chi connectivity index (χ3n) is 3.01. The van der Waals surface area contributed by atoms with Crippen molar-refractivity contribution >= 4 is 23.4 Å². The molecule has 0 aliphatic carbocycles. The van der Waals surface area contributed by atoms with E-state index in [0.717, 1.165) is 16.8 Å². The van der Waals surface area contributed by atoms with Crippen LogP contribution >= 0.6 is 11.8 Å². The maximum absolute atomic E-state index is 7.93. The van der Waals surface area contributed by atoms with Crippen LogP contribution in [0.3, 0.4) is 0 Å². The number of para-hydroxylation sites is 1. The highest BCUT2D eigenvalue weighted by Crippen LogP contribution is 2.30. The number of benzene rings is 2. The van der Waals surface area contributed by atoms with E-state index in [1.54, 1.807) is 16.7 Å². The van der Waals surface area contributed by atoms with Crippen molar-refractivity contribution in [3.63, 3.8) is 0 Å². The number of nitrogens with zero attached hydrogens (tertiary/aromatic N) is 1. The van der Waals surface area contributed by atoms with E-state index in [9.17, 15) is 0 Å². The Bertz CT molecular complexity index is 608. The van der Waals surface area contributed by atoms with Crippen molar-refractivity contribution in [2.75, 3.05) is 25.7 Å². The van der Waals surface area contributed by atoms with Gasteiger partial charge in [-0.1, -0.05) is 30.3 Å². The monoisotopic (exact) mass is 285 g/mol. The van der Waals surface area contributed by atoms with Crippen LogP contribution in [0.1, 0.15) is 0 Å². The number of nitrogens with one attached hydrogen (secondary N) is 2. The number of hydrogen-bond donors (Lipinski definition) is 2. The van der Waals surface area contributed by atoms with Crippen molar-refractivity contribution in [1.29, 1.82) is 5.41 Å². The second kappa shape index (κ2) is 6.48. The van der Waals surface area contributed by atoms with Gasteiger partial charge in [0.15, 0.2) is 5.96 Å². The van der Waals surface area contributed by atoms with Gasteiger partial charge < -0.3 is 10.2 Å². The maximum atomic E-state index is 7.93. The summed E-state index contributed by atoms with van der Waals surface area (Å²) in [5.74, 6) is 0.374. The van der Waals surface area contributed by atoms with Gasteiger partial charge in [0.1, 0.15) is 0 Å². The van der Waals surface area contributed by atoms with Crippen LogP contribution in [0.4, 0.5) is 5.69 Å². The fourth-order valence-corrected chi connectivity index (χ4v) is 2.33. The van der Waals surface area contributed by atoms with E-state index in [4.69, 9.17) is 5.41 Å². The first-order chi connectivity index (χ1) is 9.61. The number of hydrogen-bond acceptors (Lipinski definition) is 2. The first-order valence-corrected chi connectivity index (χ1v) is 7.60. The summed E-state index contributed by atoms with van der Waals surface area (Å²) in [5.41, 5.74) is 3.21. The summed E-state index contributed by atoms with van der Waals surface area (Å²) in [6, 6.07) is 16.5. The van der Waals surface area contributed by atoms with E-state index in [2.05, 4.69) is 41.9 Å². The molecular weight excluding hydrogens is 266 g/mol. The molecule has 0 aliphatic heterocycles. The van der Waals surface area contributed by atoms with Crippen LogP contribution in [0.15, 0.2) is 53.4 Å². The SMILES string of the molecule is CSc1cccc(-c2ccccc2NC(=N)N(C)C)c1. The van der Waals surface area contributed by atoms with E-state index >= 15 is 0 Å². The summed E-state index contributed by atoms with van der Waals surface area (Å²) in [6.45, 7) is 0. The minimum absolute atomic E-state index is 0.374. The lowest BCUT2D eigenvalue weighted by Crippen LogP contribution is -2.28. The smallest absolute Gasteiger partial charge is 0.195 e. The van der Waals surface area contributed by atoms with Gasteiger partial charge in [0.05, 0.1) is 0 Å². The van der Waals surface area contributed by atoms with Crippen molar-refractivity contribution in [2.45, 2.75) is 4.90 Å². The van der Waals surface area contributed by atoms with E-state index in [1.165, 1.54) is 4.90 Å². The minimum Gasteiger partial charge on any atom is -0.349 e. The number of anilines is 1. The fourth-order valence-electron chi connectivity index (χ4n) is 1.87. The molecule has 4 heteroatoms. The minimum atomic E-state index is 0.374. The highest BCUT2D eigenvalue weighted by Gasteiger charge is 2.07. The predicted octanol–water partition coefficient (Wildman–Crippen LogP) is 3.98. The van der Waals surface area contributed by atoms with Crippen molar-refractivity contribution in [3.8, 4) is 11.1 Å². The Morgan fingerprint density at radius 2 is 1.85 bits per heavy atom. The number of guanidine groups is 1. The molecular formula is C16H19N3S. The normalized spacial score (nSPS) is 10.2. The quantitative estimate of drug-likeness (QED) is 0.509. The Kier molecular flexibility index (Phi) is 4.69. The molecule has 0 radical (unpaired) electrons. The summed E-state index contributed by atoms with van der Waals surface area (Å²) >= 11 is 1.73. The Hall–Kier alpha value is -1.94. The van der Waals surface area contributed by atoms with Gasteiger partial charge >= 0.3 is 0 Å². The molecule has 3 nitrogen and oxygen atoms in total. The zero-order valence-electron chi connectivity index (χ0n) is 12.0. The fraction of sp³-hybridized carbons (Fsp3) is 0.188. The molecule has 2 aromatic rings. The molecule has 0 aromatic heterocycles. The Morgan fingerprint density at radius 3 is 2.55 bits per heavy atom. The maximum Gasteiger partial charge on any atom is 0.195 e. The molecule has 2 aromatic carbocycles. The molecule has 0 aliphatic rings. The zero-order valence-corrected chi connectivity index (χ0v) is 12.8. The van der Waals surface area contributed by atoms with Crippen LogP contribution < -0.4 is 5.32 Å². The molecule has 0 saturated heterocycles. The van der Waals surface area contributed by atoms with Crippen molar-refractivity contribution in [1.82, 2.24) is 4.90 Å². The summed E-state index contributed by atoms with van der Waals surface area (Å²) in [5, 5.41) is 11.1. The van der Waals surface area contributed by atoms with Crippen molar-refractivity contribution in [2.24, 2.45) is 0 Å². The predicted molar refractivity (Wildman–Crippen MR) is 88.7 cm³/mol. The standard InChI is InChI=1S/C16H19N3S/c1-19(2)16(17)18-15-10-5-4-9-14(15)12-7-6-8-13(11-12)20-3/h4-11H,1-3H3,(H2,17,18). The number of rotatable bonds is 3. The van der Waals surface area contributed by atoms with Crippen LogP contribution in [0.2, 0.25) is 0 Å². The van der Waals surface area contributed by atoms with Crippen molar-refractivity contribution in [3.05, 3.63) is 48.5 Å². The van der Waals surface area contributed by atoms with Crippen molar-refractivity contribution < 1.29 is 0 Å². The molecule has 0 saturated carbocycles. The van der Waals surface area contributed by atoms with E-state index in [0.29, 0.717) is 5.96 Å². The van der Waals surface area contributed by atoms with Crippen LogP contribution in [0, 0.1) is 5.41 Å². The molecule has 2 rings (SSSR count). The third kappa shape index (κ3) is 3.33. The van der Waals surface area contributed by atoms with Crippen LogP contribution in [-0.4, -0.2) is 31.2 Å². The van der Waals surface area contributed by atoms with Gasteiger partial charge in [0.2, 0.25) is 0 Å². The topological polar surface area (TPSA) is 39.1 Å². The average molecular weight is 285 g/mol. The summed E-state index contributed by atoms with van der Waals surface area (Å²) < 4.78 is 0. The molecule has 0 atom stereocenters. The Labute approximate surface area is 124 Å². The van der Waals surface area contributed by atoms with Gasteiger partial charge in [-0.25, -0.2) is 0 Å². The molecule has 0 unspecified atom stereocenters. The lowest BCUT2D eigenvalue weighted by atomic mass is 10.0. The van der Waals surface area contributed by atoms with E-state index in [1.807, 2.05) is 32.3 Å². The highest BCUT2D eigenvalue weighted by atomic mass is 32.2. The summed E-state index contributed by atoms with van der Waals surface area (Å²) in [4.78, 5) is 2.98. The van der Waals surface area contributed by atoms with Crippen LogP contribution in [0.25, 0.3) is 11.1 Å². The second-order valence-electron chi connectivity index (χ2n) is 4.65. The molecule has 0 amide bonds. The van der Waals surface area contributed by atoms with E-state index < -0.39 is 0 Å². The largest absolute Gasteiger partial charge is 0.349 e. The Morgan fingerprint density at radius 1 is 1.10 bits per heavy atom. The van der Waals surface area contributed by atoms with Gasteiger partial charge in [-0.2, -0.15) is 0 Å². The van der Waals surface area contributed by atoms with Gasteiger partial charge in [0, 0.05) is 30.2 Å². The average Bonchev–Trinajstić information content (AvgIpc) is 2.47. The first kappa shape index (κ1) is 14.5. The Balaban J connectivity index is 2.38. The highest BCUT2D eigenvalue weighted by molar-refractivity contribution is 7.98. The summed E-state index contributed by atoms with van der Waals surface area (Å²) in [6.07, 6.45) is 2.07. The van der Waals surface area contributed by atoms with Gasteiger partial charge in [-0.3, -0.25) is 5.41 Å². The molecule has 2 N–H and O–H groups in total. The molecule has 20 heavy (non-hydrogen) atoms. The second-order valence-corrected chi connectivity index (χ2v) is 5.53. The lowest BCUT2D eigenvalue weighted by molar-refractivity contribution is 0.616. The van der Waals surface area contributed by atoms with E-state index in [-0.39, 0.29) is 0 Å². The molecule has 0 spiro atoms. The third-order valence-corrected chi connectivity index (χ3v) is 3.73. The zero-order chi connectivity index (χ0) is 14.5.